The quantitative estimate of drug-likeness (QED) is 0.548. The van der Waals surface area contributed by atoms with Crippen molar-refractivity contribution in [2.75, 3.05) is 13.1 Å². The van der Waals surface area contributed by atoms with Gasteiger partial charge in [0.1, 0.15) is 0 Å². The number of hydrogen-bond donors (Lipinski definition) is 4. The first-order chi connectivity index (χ1) is 9.02. The van der Waals surface area contributed by atoms with Gasteiger partial charge in [-0.15, -0.1) is 0 Å². The molecule has 3 amide bonds. The van der Waals surface area contributed by atoms with Crippen LogP contribution in [0.5, 0.6) is 0 Å². The number of amides is 3. The monoisotopic (exact) mass is 271 g/mol. The Morgan fingerprint density at radius 3 is 2.53 bits per heavy atom. The molecular weight excluding hydrogens is 250 g/mol. The third kappa shape index (κ3) is 5.58. The van der Waals surface area contributed by atoms with Crippen LogP contribution in [-0.2, 0) is 9.59 Å². The highest BCUT2D eigenvalue weighted by atomic mass is 16.4. The molecule has 1 aliphatic carbocycles. The van der Waals surface area contributed by atoms with E-state index in [1.807, 2.05) is 6.92 Å². The molecule has 0 aromatic carbocycles. The molecule has 0 aromatic rings. The topological polar surface area (TPSA) is 108 Å². The Kier molecular flexibility index (Phi) is 6.11. The summed E-state index contributed by atoms with van der Waals surface area (Å²) in [6.45, 7) is 2.46. The number of carbonyl (C=O) groups excluding carboxylic acids is 2. The minimum atomic E-state index is -0.816. The smallest absolute Gasteiger partial charge is 0.315 e. The van der Waals surface area contributed by atoms with E-state index in [4.69, 9.17) is 5.11 Å². The summed E-state index contributed by atoms with van der Waals surface area (Å²) in [7, 11) is 0. The largest absolute Gasteiger partial charge is 0.481 e. The fourth-order valence-electron chi connectivity index (χ4n) is 2.06. The lowest BCUT2D eigenvalue weighted by molar-refractivity contribution is -0.141. The van der Waals surface area contributed by atoms with E-state index in [1.165, 1.54) is 0 Å². The zero-order chi connectivity index (χ0) is 14.3. The van der Waals surface area contributed by atoms with Crippen LogP contribution in [0.1, 0.15) is 32.6 Å². The summed E-state index contributed by atoms with van der Waals surface area (Å²) in [5.41, 5.74) is 0. The first kappa shape index (κ1) is 15.3. The maximum absolute atomic E-state index is 11.5. The van der Waals surface area contributed by atoms with E-state index >= 15 is 0 Å². The molecular formula is C12H21N3O4. The average Bonchev–Trinajstić information content (AvgIpc) is 2.82. The molecule has 1 aliphatic rings. The molecule has 4 N–H and O–H groups in total. The van der Waals surface area contributed by atoms with Crippen LogP contribution >= 0.6 is 0 Å². The van der Waals surface area contributed by atoms with Crippen molar-refractivity contribution in [3.8, 4) is 0 Å². The van der Waals surface area contributed by atoms with Gasteiger partial charge in [-0.3, -0.25) is 9.59 Å². The van der Waals surface area contributed by atoms with E-state index in [9.17, 15) is 14.4 Å². The minimum Gasteiger partial charge on any atom is -0.481 e. The van der Waals surface area contributed by atoms with Crippen LogP contribution in [0, 0.1) is 5.92 Å². The second-order valence-corrected chi connectivity index (χ2v) is 4.72. The minimum absolute atomic E-state index is 0.0685. The molecule has 108 valence electrons. The number of carboxylic acid groups (broad SMARTS) is 1. The summed E-state index contributed by atoms with van der Waals surface area (Å²) < 4.78 is 0. The second kappa shape index (κ2) is 7.60. The van der Waals surface area contributed by atoms with Crippen molar-refractivity contribution in [3.63, 3.8) is 0 Å². The lowest BCUT2D eigenvalue weighted by atomic mass is 10.1. The van der Waals surface area contributed by atoms with E-state index in [1.54, 1.807) is 0 Å². The third-order valence-corrected chi connectivity index (χ3v) is 3.10. The zero-order valence-electron chi connectivity index (χ0n) is 11.1. The standard InChI is InChI=1S/C12H21N3O4/c1-2-5-13-10(16)7-14-12(19)15-9-4-3-8(6-9)11(17)18/h8-9H,2-7H2,1H3,(H,13,16)(H,17,18)(H2,14,15,19)/t8-,9+/m1/s1. The third-order valence-electron chi connectivity index (χ3n) is 3.10. The van der Waals surface area contributed by atoms with Crippen LogP contribution in [0.15, 0.2) is 0 Å². The SMILES string of the molecule is CCCNC(=O)CNC(=O)N[C@H]1CC[C@@H](C(=O)O)C1. The van der Waals surface area contributed by atoms with Crippen LogP contribution in [0.3, 0.4) is 0 Å². The van der Waals surface area contributed by atoms with E-state index in [2.05, 4.69) is 16.0 Å². The molecule has 0 radical (unpaired) electrons. The van der Waals surface area contributed by atoms with Gasteiger partial charge in [-0.2, -0.15) is 0 Å². The van der Waals surface area contributed by atoms with Crippen molar-refractivity contribution < 1.29 is 19.5 Å². The maximum Gasteiger partial charge on any atom is 0.315 e. The van der Waals surface area contributed by atoms with Crippen molar-refractivity contribution in [2.45, 2.75) is 38.6 Å². The molecule has 1 saturated carbocycles. The van der Waals surface area contributed by atoms with Crippen LogP contribution in [0.25, 0.3) is 0 Å². The van der Waals surface area contributed by atoms with E-state index in [0.29, 0.717) is 25.8 Å². The Morgan fingerprint density at radius 1 is 1.21 bits per heavy atom. The summed E-state index contributed by atoms with van der Waals surface area (Å²) in [4.78, 5) is 33.5. The van der Waals surface area contributed by atoms with Crippen molar-refractivity contribution >= 4 is 17.9 Å². The van der Waals surface area contributed by atoms with Crippen LogP contribution in [0.2, 0.25) is 0 Å². The van der Waals surface area contributed by atoms with Crippen LogP contribution < -0.4 is 16.0 Å². The Bertz CT molecular complexity index is 346. The number of carboxylic acids is 1. The summed E-state index contributed by atoms with van der Waals surface area (Å²) in [6.07, 6.45) is 2.53. The Hall–Kier alpha value is -1.79. The molecule has 7 heteroatoms. The predicted octanol–water partition coefficient (Wildman–Crippen LogP) is 0.0651. The number of aliphatic carboxylic acids is 1. The van der Waals surface area contributed by atoms with Crippen molar-refractivity contribution in [2.24, 2.45) is 5.92 Å². The molecule has 0 unspecified atom stereocenters. The van der Waals surface area contributed by atoms with Gasteiger partial charge in [0, 0.05) is 12.6 Å². The van der Waals surface area contributed by atoms with Gasteiger partial charge in [-0.25, -0.2) is 4.79 Å². The van der Waals surface area contributed by atoms with Gasteiger partial charge in [0.15, 0.2) is 0 Å². The molecule has 0 aliphatic heterocycles. The van der Waals surface area contributed by atoms with Gasteiger partial charge in [-0.1, -0.05) is 6.92 Å². The Balaban J connectivity index is 2.18. The molecule has 19 heavy (non-hydrogen) atoms. The van der Waals surface area contributed by atoms with Crippen molar-refractivity contribution in [1.82, 2.24) is 16.0 Å². The lowest BCUT2D eigenvalue weighted by Gasteiger charge is -2.13. The van der Waals surface area contributed by atoms with Crippen molar-refractivity contribution in [1.29, 1.82) is 0 Å². The predicted molar refractivity (Wildman–Crippen MR) is 68.6 cm³/mol. The normalized spacial score (nSPS) is 21.7. The van der Waals surface area contributed by atoms with Crippen molar-refractivity contribution in [3.05, 3.63) is 0 Å². The summed E-state index contributed by atoms with van der Waals surface area (Å²) in [5.74, 6) is -1.42. The van der Waals surface area contributed by atoms with E-state index < -0.39 is 12.0 Å². The van der Waals surface area contributed by atoms with Crippen LogP contribution in [-0.4, -0.2) is 42.1 Å². The molecule has 2 atom stereocenters. The highest BCUT2D eigenvalue weighted by Crippen LogP contribution is 2.25. The maximum atomic E-state index is 11.5. The molecule has 1 fully saturated rings. The molecule has 0 saturated heterocycles. The zero-order valence-corrected chi connectivity index (χ0v) is 11.1. The number of carbonyl (C=O) groups is 3. The lowest BCUT2D eigenvalue weighted by Crippen LogP contribution is -2.45. The second-order valence-electron chi connectivity index (χ2n) is 4.72. The van der Waals surface area contributed by atoms with Gasteiger partial charge in [0.05, 0.1) is 12.5 Å². The van der Waals surface area contributed by atoms with Gasteiger partial charge in [0.25, 0.3) is 0 Å². The fourth-order valence-corrected chi connectivity index (χ4v) is 2.06. The number of rotatable bonds is 6. The number of urea groups is 1. The van der Waals surface area contributed by atoms with Gasteiger partial charge >= 0.3 is 12.0 Å². The molecule has 1 rings (SSSR count). The van der Waals surface area contributed by atoms with E-state index in [-0.39, 0.29) is 24.4 Å². The molecule has 0 spiro atoms. The van der Waals surface area contributed by atoms with Crippen LogP contribution in [0.4, 0.5) is 4.79 Å². The molecule has 7 nitrogen and oxygen atoms in total. The van der Waals surface area contributed by atoms with Gasteiger partial charge in [0.2, 0.25) is 5.91 Å². The molecule has 0 aromatic heterocycles. The highest BCUT2D eigenvalue weighted by Gasteiger charge is 2.30. The van der Waals surface area contributed by atoms with Gasteiger partial charge in [-0.05, 0) is 25.7 Å². The first-order valence-electron chi connectivity index (χ1n) is 6.56. The summed E-state index contributed by atoms with van der Waals surface area (Å²) >= 11 is 0. The number of nitrogens with one attached hydrogen (secondary N) is 3. The number of hydrogen-bond acceptors (Lipinski definition) is 3. The molecule has 0 bridgehead atoms. The fraction of sp³-hybridized carbons (Fsp3) is 0.750. The Morgan fingerprint density at radius 2 is 1.95 bits per heavy atom. The Labute approximate surface area is 112 Å². The summed E-state index contributed by atoms with van der Waals surface area (Å²) in [5, 5.41) is 16.6. The van der Waals surface area contributed by atoms with Gasteiger partial charge < -0.3 is 21.1 Å². The highest BCUT2D eigenvalue weighted by molar-refractivity contribution is 5.84. The average molecular weight is 271 g/mol. The molecule has 0 heterocycles. The first-order valence-corrected chi connectivity index (χ1v) is 6.56. The van der Waals surface area contributed by atoms with E-state index in [0.717, 1.165) is 6.42 Å². The summed E-state index contributed by atoms with van der Waals surface area (Å²) in [6, 6.07) is -0.553.